The van der Waals surface area contributed by atoms with Crippen LogP contribution in [0.25, 0.3) is 0 Å². The fourth-order valence-corrected chi connectivity index (χ4v) is 5.91. The number of nitrogens with zero attached hydrogens (tertiary/aromatic N) is 1. The van der Waals surface area contributed by atoms with Crippen LogP contribution in [-0.4, -0.2) is 40.7 Å². The lowest BCUT2D eigenvalue weighted by Crippen LogP contribution is -2.35. The number of sulfonamides is 1. The van der Waals surface area contributed by atoms with Crippen molar-refractivity contribution in [2.75, 3.05) is 16.6 Å². The van der Waals surface area contributed by atoms with Crippen LogP contribution < -0.4 is 15.6 Å². The van der Waals surface area contributed by atoms with Gasteiger partial charge in [-0.15, -0.1) is 0 Å². The summed E-state index contributed by atoms with van der Waals surface area (Å²) < 4.78 is 43.9. The van der Waals surface area contributed by atoms with Crippen molar-refractivity contribution in [3.63, 3.8) is 0 Å². The van der Waals surface area contributed by atoms with Crippen molar-refractivity contribution >= 4 is 27.1 Å². The van der Waals surface area contributed by atoms with Crippen molar-refractivity contribution in [2.45, 2.75) is 56.4 Å². The van der Waals surface area contributed by atoms with E-state index in [0.29, 0.717) is 37.9 Å². The van der Waals surface area contributed by atoms with Gasteiger partial charge in [0, 0.05) is 18.3 Å². The van der Waals surface area contributed by atoms with E-state index in [9.17, 15) is 22.7 Å². The lowest BCUT2D eigenvalue weighted by Gasteiger charge is -2.23. The second-order valence-corrected chi connectivity index (χ2v) is 10.5. The molecule has 1 atom stereocenters. The summed E-state index contributed by atoms with van der Waals surface area (Å²) in [6.45, 7) is 1.72. The minimum atomic E-state index is -3.94. The fraction of sp³-hybridized carbons (Fsp3) is 0.476. The van der Waals surface area contributed by atoms with E-state index in [-0.39, 0.29) is 29.0 Å². The van der Waals surface area contributed by atoms with Gasteiger partial charge in [0.15, 0.2) is 0 Å². The maximum absolute atomic E-state index is 14.4. The zero-order valence-electron chi connectivity index (χ0n) is 17.2. The number of halogens is 1. The number of hydrogen-bond acceptors (Lipinski definition) is 6. The molecule has 2 aromatic rings. The number of aryl methyl sites for hydroxylation is 1. The quantitative estimate of drug-likeness (QED) is 0.487. The number of benzene rings is 1. The summed E-state index contributed by atoms with van der Waals surface area (Å²) in [7, 11) is -3.94. The van der Waals surface area contributed by atoms with Gasteiger partial charge in [0.25, 0.3) is 5.56 Å². The maximum atomic E-state index is 14.4. The van der Waals surface area contributed by atoms with E-state index in [1.807, 2.05) is 0 Å². The van der Waals surface area contributed by atoms with E-state index >= 15 is 0 Å². The molecule has 0 saturated heterocycles. The SMILES string of the molecule is Cc1ccc(Nc2cc(=O)n3c(c2NS(=O)(=O)C2(CC(O)CO)CC2)CCC3)c(F)c1. The molecule has 1 unspecified atom stereocenters. The van der Waals surface area contributed by atoms with Crippen molar-refractivity contribution in [2.24, 2.45) is 0 Å². The van der Waals surface area contributed by atoms with E-state index in [1.165, 1.54) is 22.8 Å². The molecule has 1 saturated carbocycles. The number of fused-ring (bicyclic) bond motifs is 1. The average molecular weight is 452 g/mol. The molecule has 8 nitrogen and oxygen atoms in total. The van der Waals surface area contributed by atoms with Crippen LogP contribution in [0.15, 0.2) is 29.1 Å². The van der Waals surface area contributed by atoms with Crippen molar-refractivity contribution in [1.82, 2.24) is 4.57 Å². The minimum absolute atomic E-state index is 0.0802. The first-order valence-electron chi connectivity index (χ1n) is 10.3. The van der Waals surface area contributed by atoms with Crippen LogP contribution in [0.1, 0.15) is 36.9 Å². The smallest absolute Gasteiger partial charge is 0.252 e. The van der Waals surface area contributed by atoms with E-state index in [0.717, 1.165) is 5.56 Å². The van der Waals surface area contributed by atoms with Gasteiger partial charge in [0.05, 0.1) is 34.5 Å². The molecule has 1 aliphatic carbocycles. The van der Waals surface area contributed by atoms with E-state index in [2.05, 4.69) is 10.0 Å². The number of aromatic nitrogens is 1. The molecule has 1 aliphatic heterocycles. The number of anilines is 3. The van der Waals surface area contributed by atoms with E-state index in [4.69, 9.17) is 5.11 Å². The number of aliphatic hydroxyl groups excluding tert-OH is 2. The van der Waals surface area contributed by atoms with Gasteiger partial charge in [0.2, 0.25) is 10.0 Å². The lowest BCUT2D eigenvalue weighted by molar-refractivity contribution is 0.0858. The molecular formula is C21H26FN3O5S. The van der Waals surface area contributed by atoms with Gasteiger partial charge < -0.3 is 20.1 Å². The summed E-state index contributed by atoms with van der Waals surface area (Å²) in [6, 6.07) is 5.87. The molecule has 1 aromatic carbocycles. The Morgan fingerprint density at radius 3 is 2.65 bits per heavy atom. The molecule has 2 aliphatic rings. The van der Waals surface area contributed by atoms with Gasteiger partial charge in [-0.3, -0.25) is 9.52 Å². The second-order valence-electron chi connectivity index (χ2n) is 8.41. The molecule has 168 valence electrons. The Morgan fingerprint density at radius 1 is 1.26 bits per heavy atom. The van der Waals surface area contributed by atoms with Gasteiger partial charge in [-0.2, -0.15) is 0 Å². The normalized spacial score (nSPS) is 17.8. The van der Waals surface area contributed by atoms with Gasteiger partial charge in [0.1, 0.15) is 5.82 Å². The predicted octanol–water partition coefficient (Wildman–Crippen LogP) is 2.00. The van der Waals surface area contributed by atoms with Crippen LogP contribution in [-0.2, 0) is 23.0 Å². The highest BCUT2D eigenvalue weighted by molar-refractivity contribution is 7.94. The Morgan fingerprint density at radius 2 is 2.00 bits per heavy atom. The zero-order chi connectivity index (χ0) is 22.4. The summed E-state index contributed by atoms with van der Waals surface area (Å²) in [5.41, 5.74) is 1.53. The molecule has 2 heterocycles. The molecule has 0 amide bonds. The highest BCUT2D eigenvalue weighted by Crippen LogP contribution is 2.48. The van der Waals surface area contributed by atoms with Crippen LogP contribution >= 0.6 is 0 Å². The van der Waals surface area contributed by atoms with Gasteiger partial charge >= 0.3 is 0 Å². The van der Waals surface area contributed by atoms with Crippen LogP contribution in [0.4, 0.5) is 21.5 Å². The van der Waals surface area contributed by atoms with Gasteiger partial charge in [-0.05, 0) is 56.7 Å². The molecule has 4 N–H and O–H groups in total. The molecule has 0 bridgehead atoms. The lowest BCUT2D eigenvalue weighted by atomic mass is 10.2. The molecule has 4 rings (SSSR count). The van der Waals surface area contributed by atoms with Crippen LogP contribution in [0.3, 0.4) is 0 Å². The molecular weight excluding hydrogens is 425 g/mol. The van der Waals surface area contributed by atoms with Crippen LogP contribution in [0, 0.1) is 12.7 Å². The largest absolute Gasteiger partial charge is 0.394 e. The Hall–Kier alpha value is -2.43. The second kappa shape index (κ2) is 7.92. The van der Waals surface area contributed by atoms with Crippen molar-refractivity contribution in [1.29, 1.82) is 0 Å². The number of nitrogens with one attached hydrogen (secondary N) is 2. The minimum Gasteiger partial charge on any atom is -0.394 e. The third kappa shape index (κ3) is 4.07. The van der Waals surface area contributed by atoms with Crippen molar-refractivity contribution in [3.05, 3.63) is 51.7 Å². The highest BCUT2D eigenvalue weighted by Gasteiger charge is 2.55. The molecule has 1 aromatic heterocycles. The molecule has 1 fully saturated rings. The van der Waals surface area contributed by atoms with Crippen molar-refractivity contribution < 1.29 is 23.0 Å². The Kier molecular flexibility index (Phi) is 5.57. The Bertz CT molecular complexity index is 1170. The van der Waals surface area contributed by atoms with Crippen LogP contribution in [0.2, 0.25) is 0 Å². The first kappa shape index (κ1) is 21.8. The summed E-state index contributed by atoms with van der Waals surface area (Å²) in [4.78, 5) is 12.6. The number of pyridine rings is 1. The standard InChI is InChI=1S/C21H26FN3O5S/c1-13-4-5-16(15(22)9-13)23-17-10-19(28)25-8-2-3-18(25)20(17)24-31(29,30)21(6-7-21)11-14(27)12-26/h4-5,9-10,14,23-24,26-27H,2-3,6-8,11-12H2,1H3. The van der Waals surface area contributed by atoms with Gasteiger partial charge in [-0.1, -0.05) is 6.07 Å². The summed E-state index contributed by atoms with van der Waals surface area (Å²) in [5, 5.41) is 21.8. The fourth-order valence-electron chi connectivity index (χ4n) is 4.14. The first-order chi connectivity index (χ1) is 14.7. The number of hydrogen-bond donors (Lipinski definition) is 4. The first-order valence-corrected chi connectivity index (χ1v) is 11.8. The maximum Gasteiger partial charge on any atom is 0.252 e. The molecule has 0 spiro atoms. The number of rotatable bonds is 8. The van der Waals surface area contributed by atoms with Gasteiger partial charge in [-0.25, -0.2) is 12.8 Å². The summed E-state index contributed by atoms with van der Waals surface area (Å²) in [5.74, 6) is -0.515. The molecule has 31 heavy (non-hydrogen) atoms. The van der Waals surface area contributed by atoms with E-state index in [1.54, 1.807) is 13.0 Å². The monoisotopic (exact) mass is 451 g/mol. The summed E-state index contributed by atoms with van der Waals surface area (Å²) in [6.07, 6.45) is 0.713. The summed E-state index contributed by atoms with van der Waals surface area (Å²) >= 11 is 0. The Labute approximate surface area is 179 Å². The predicted molar refractivity (Wildman–Crippen MR) is 116 cm³/mol. The van der Waals surface area contributed by atoms with Crippen molar-refractivity contribution in [3.8, 4) is 0 Å². The Balaban J connectivity index is 1.75. The van der Waals surface area contributed by atoms with Crippen LogP contribution in [0.5, 0.6) is 0 Å². The zero-order valence-corrected chi connectivity index (χ0v) is 18.0. The molecule has 0 radical (unpaired) electrons. The van der Waals surface area contributed by atoms with E-state index < -0.39 is 33.3 Å². The topological polar surface area (TPSA) is 121 Å². The third-order valence-corrected chi connectivity index (χ3v) is 8.23. The number of aliphatic hydroxyl groups is 2. The average Bonchev–Trinajstić information content (AvgIpc) is 3.33. The highest BCUT2D eigenvalue weighted by atomic mass is 32.2. The molecule has 10 heteroatoms. The third-order valence-electron chi connectivity index (χ3n) is 6.04.